The summed E-state index contributed by atoms with van der Waals surface area (Å²) in [5.74, 6) is 0.760. The summed E-state index contributed by atoms with van der Waals surface area (Å²) in [5, 5.41) is 4.38. The summed E-state index contributed by atoms with van der Waals surface area (Å²) in [6.45, 7) is 5.06. The molecule has 0 bridgehead atoms. The van der Waals surface area contributed by atoms with E-state index in [0.717, 1.165) is 37.1 Å². The molecule has 0 fully saturated rings. The first-order valence-corrected chi connectivity index (χ1v) is 7.11. The van der Waals surface area contributed by atoms with E-state index in [-0.39, 0.29) is 6.10 Å². The van der Waals surface area contributed by atoms with Crippen molar-refractivity contribution in [3.8, 4) is 5.75 Å². The molecule has 0 spiro atoms. The highest BCUT2D eigenvalue weighted by Crippen LogP contribution is 2.33. The van der Waals surface area contributed by atoms with Gasteiger partial charge < -0.3 is 10.1 Å². The second-order valence-electron chi connectivity index (χ2n) is 4.45. The maximum Gasteiger partial charge on any atom is 0.141 e. The number of rotatable bonds is 7. The van der Waals surface area contributed by atoms with E-state index >= 15 is 0 Å². The Kier molecular flexibility index (Phi) is 6.83. The van der Waals surface area contributed by atoms with Gasteiger partial charge in [-0.1, -0.05) is 36.5 Å². The largest absolute Gasteiger partial charge is 0.489 e. The molecule has 1 aromatic rings. The number of nitrogens with one attached hydrogen (secondary N) is 1. The van der Waals surface area contributed by atoms with Gasteiger partial charge in [0.05, 0.1) is 11.1 Å². The molecule has 0 aliphatic heterocycles. The van der Waals surface area contributed by atoms with Crippen molar-refractivity contribution in [2.75, 3.05) is 13.6 Å². The molecule has 1 N–H and O–H groups in total. The van der Waals surface area contributed by atoms with Crippen LogP contribution in [0.15, 0.2) is 12.1 Å². The molecule has 0 aromatic heterocycles. The van der Waals surface area contributed by atoms with Gasteiger partial charge in [-0.3, -0.25) is 0 Å². The molecule has 2 nitrogen and oxygen atoms in total. The first kappa shape index (κ1) is 15.6. The number of ether oxygens (including phenoxy) is 1. The van der Waals surface area contributed by atoms with Crippen molar-refractivity contribution in [1.29, 1.82) is 0 Å². The van der Waals surface area contributed by atoms with E-state index < -0.39 is 0 Å². The summed E-state index contributed by atoms with van der Waals surface area (Å²) in [6, 6.07) is 3.61. The smallest absolute Gasteiger partial charge is 0.141 e. The minimum absolute atomic E-state index is 0.194. The molecule has 0 aliphatic rings. The van der Waals surface area contributed by atoms with E-state index in [1.165, 1.54) is 0 Å². The van der Waals surface area contributed by atoms with Crippen molar-refractivity contribution in [1.82, 2.24) is 5.32 Å². The van der Waals surface area contributed by atoms with Crippen molar-refractivity contribution < 1.29 is 4.74 Å². The molecule has 0 radical (unpaired) electrons. The standard InChI is InChI=1S/C14H21Cl2NO/c1-4-5-12(6-7-17-3)18-14-10(2)8-11(15)9-13(14)16/h8-9,12,17H,4-7H2,1-3H3/t12-/m1/s1. The molecule has 1 rings (SSSR count). The third kappa shape index (κ3) is 4.68. The van der Waals surface area contributed by atoms with Gasteiger partial charge in [0.2, 0.25) is 0 Å². The van der Waals surface area contributed by atoms with E-state index in [1.807, 2.05) is 20.0 Å². The quantitative estimate of drug-likeness (QED) is 0.800. The molecule has 0 heterocycles. The SMILES string of the molecule is CCC[C@H](CCNC)Oc1c(C)cc(Cl)cc1Cl. The molecule has 0 unspecified atom stereocenters. The van der Waals surface area contributed by atoms with Crippen molar-refractivity contribution >= 4 is 23.2 Å². The maximum atomic E-state index is 6.19. The van der Waals surface area contributed by atoms with E-state index in [9.17, 15) is 0 Å². The minimum atomic E-state index is 0.194. The predicted molar refractivity (Wildman–Crippen MR) is 79.1 cm³/mol. The summed E-state index contributed by atoms with van der Waals surface area (Å²) in [6.07, 6.45) is 3.29. The summed E-state index contributed by atoms with van der Waals surface area (Å²) < 4.78 is 6.04. The van der Waals surface area contributed by atoms with Crippen molar-refractivity contribution in [2.45, 2.75) is 39.2 Å². The maximum absolute atomic E-state index is 6.19. The van der Waals surface area contributed by atoms with Gasteiger partial charge >= 0.3 is 0 Å². The Labute approximate surface area is 120 Å². The monoisotopic (exact) mass is 289 g/mol. The Balaban J connectivity index is 2.79. The zero-order valence-electron chi connectivity index (χ0n) is 11.2. The fraction of sp³-hybridized carbons (Fsp3) is 0.571. The Bertz CT molecular complexity index is 359. The molecule has 0 saturated carbocycles. The Morgan fingerprint density at radius 3 is 2.56 bits per heavy atom. The van der Waals surface area contributed by atoms with Crippen molar-refractivity contribution in [3.63, 3.8) is 0 Å². The predicted octanol–water partition coefficient (Wildman–Crippen LogP) is 4.46. The van der Waals surface area contributed by atoms with Crippen LogP contribution >= 0.6 is 23.2 Å². The van der Waals surface area contributed by atoms with Crippen LogP contribution in [0.2, 0.25) is 10.0 Å². The molecule has 0 amide bonds. The fourth-order valence-electron chi connectivity index (χ4n) is 1.89. The third-order valence-corrected chi connectivity index (χ3v) is 3.30. The number of aryl methyl sites for hydroxylation is 1. The van der Waals surface area contributed by atoms with Gasteiger partial charge in [-0.05, 0) is 51.1 Å². The van der Waals surface area contributed by atoms with Crippen LogP contribution in [0.5, 0.6) is 5.75 Å². The number of halogens is 2. The minimum Gasteiger partial charge on any atom is -0.489 e. The topological polar surface area (TPSA) is 21.3 Å². The second kappa shape index (κ2) is 7.88. The van der Waals surface area contributed by atoms with Crippen LogP contribution in [0.25, 0.3) is 0 Å². The lowest BCUT2D eigenvalue weighted by molar-refractivity contribution is 0.179. The highest BCUT2D eigenvalue weighted by atomic mass is 35.5. The van der Waals surface area contributed by atoms with E-state index in [0.29, 0.717) is 10.0 Å². The number of hydrogen-bond donors (Lipinski definition) is 1. The van der Waals surface area contributed by atoms with Crippen molar-refractivity contribution in [2.24, 2.45) is 0 Å². The van der Waals surface area contributed by atoms with Crippen LogP contribution in [0.1, 0.15) is 31.7 Å². The molecule has 1 atom stereocenters. The molecule has 102 valence electrons. The van der Waals surface area contributed by atoms with Crippen LogP contribution in [0.3, 0.4) is 0 Å². The molecular formula is C14H21Cl2NO. The molecule has 0 aliphatic carbocycles. The van der Waals surface area contributed by atoms with Gasteiger partial charge in [-0.2, -0.15) is 0 Å². The third-order valence-electron chi connectivity index (χ3n) is 2.81. The first-order chi connectivity index (χ1) is 8.58. The lowest BCUT2D eigenvalue weighted by atomic mass is 10.1. The van der Waals surface area contributed by atoms with Gasteiger partial charge in [0.15, 0.2) is 0 Å². The van der Waals surface area contributed by atoms with Crippen LogP contribution in [0, 0.1) is 6.92 Å². The molecule has 4 heteroatoms. The van der Waals surface area contributed by atoms with Gasteiger partial charge in [0, 0.05) is 5.02 Å². The lowest BCUT2D eigenvalue weighted by Crippen LogP contribution is -2.22. The average molecular weight is 290 g/mol. The average Bonchev–Trinajstić information content (AvgIpc) is 2.30. The molecule has 18 heavy (non-hydrogen) atoms. The van der Waals surface area contributed by atoms with E-state index in [4.69, 9.17) is 27.9 Å². The molecule has 1 aromatic carbocycles. The van der Waals surface area contributed by atoms with E-state index in [1.54, 1.807) is 6.07 Å². The second-order valence-corrected chi connectivity index (χ2v) is 5.30. The van der Waals surface area contributed by atoms with Crippen LogP contribution in [0.4, 0.5) is 0 Å². The van der Waals surface area contributed by atoms with Crippen LogP contribution < -0.4 is 10.1 Å². The Hall–Kier alpha value is -0.440. The zero-order chi connectivity index (χ0) is 13.5. The Morgan fingerprint density at radius 1 is 1.28 bits per heavy atom. The summed E-state index contributed by atoms with van der Waals surface area (Å²) in [4.78, 5) is 0. The van der Waals surface area contributed by atoms with Crippen LogP contribution in [-0.2, 0) is 0 Å². The first-order valence-electron chi connectivity index (χ1n) is 6.35. The highest BCUT2D eigenvalue weighted by molar-refractivity contribution is 6.35. The summed E-state index contributed by atoms with van der Waals surface area (Å²) in [7, 11) is 1.95. The fourth-order valence-corrected chi connectivity index (χ4v) is 2.53. The molecular weight excluding hydrogens is 269 g/mol. The zero-order valence-corrected chi connectivity index (χ0v) is 12.7. The summed E-state index contributed by atoms with van der Waals surface area (Å²) in [5.41, 5.74) is 0.984. The number of benzene rings is 1. The summed E-state index contributed by atoms with van der Waals surface area (Å²) >= 11 is 12.1. The Morgan fingerprint density at radius 2 is 2.00 bits per heavy atom. The lowest BCUT2D eigenvalue weighted by Gasteiger charge is -2.21. The van der Waals surface area contributed by atoms with Gasteiger partial charge in [0.1, 0.15) is 5.75 Å². The number of hydrogen-bond acceptors (Lipinski definition) is 2. The normalized spacial score (nSPS) is 12.5. The van der Waals surface area contributed by atoms with Crippen LogP contribution in [-0.4, -0.2) is 19.7 Å². The highest BCUT2D eigenvalue weighted by Gasteiger charge is 2.14. The van der Waals surface area contributed by atoms with Gasteiger partial charge in [-0.25, -0.2) is 0 Å². The van der Waals surface area contributed by atoms with Gasteiger partial charge in [0.25, 0.3) is 0 Å². The van der Waals surface area contributed by atoms with E-state index in [2.05, 4.69) is 12.2 Å². The van der Waals surface area contributed by atoms with Gasteiger partial charge in [-0.15, -0.1) is 0 Å². The molecule has 0 saturated heterocycles. The van der Waals surface area contributed by atoms with Crippen molar-refractivity contribution in [3.05, 3.63) is 27.7 Å².